The van der Waals surface area contributed by atoms with E-state index in [4.69, 9.17) is 18.6 Å². The highest BCUT2D eigenvalue weighted by Gasteiger charge is 2.74. The quantitative estimate of drug-likeness (QED) is 0.496. The first-order valence-corrected chi connectivity index (χ1v) is 12.5. The second-order valence-corrected chi connectivity index (χ2v) is 11.4. The number of ketones is 1. The molecule has 5 rings (SSSR count). The summed E-state index contributed by atoms with van der Waals surface area (Å²) in [4.78, 5) is 38.9. The fourth-order valence-corrected chi connectivity index (χ4v) is 8.12. The molecule has 0 radical (unpaired) electrons. The number of furan rings is 1. The Kier molecular flexibility index (Phi) is 5.65. The first-order chi connectivity index (χ1) is 16.9. The third-order valence-electron chi connectivity index (χ3n) is 9.50. The summed E-state index contributed by atoms with van der Waals surface area (Å²) in [6, 6.07) is 1.94. The van der Waals surface area contributed by atoms with Crippen molar-refractivity contribution in [3.05, 3.63) is 47.5 Å². The average molecular weight is 499 g/mol. The largest absolute Gasteiger partial charge is 0.472 e. The minimum absolute atomic E-state index is 0.0395. The topological polar surface area (TPSA) is 112 Å². The Morgan fingerprint density at radius 1 is 1.22 bits per heavy atom. The van der Waals surface area contributed by atoms with Crippen LogP contribution in [0.1, 0.15) is 58.9 Å². The Morgan fingerprint density at radius 3 is 2.56 bits per heavy atom. The number of rotatable bonds is 4. The Bertz CT molecular complexity index is 1160. The normalized spacial score (nSPS) is 43.1. The standard InChI is InChI=1S/C28H34O8/c1-14-17(16-8-10-34-13-16)11-18-22(14)28(5)19(12-21(31)33-6)27(4)20(30)7-9-26(3,32)24(27)23(25(28)36-18)35-15(2)29/h7-10,13,17-19,23-25,32H,11-12H2,1-6H3/t17-,18-,19-,23-,24+,25-,26+,27-,28-/m1/s1. The molecule has 1 saturated heterocycles. The van der Waals surface area contributed by atoms with Gasteiger partial charge in [-0.1, -0.05) is 19.4 Å². The van der Waals surface area contributed by atoms with Gasteiger partial charge in [0.05, 0.1) is 37.8 Å². The van der Waals surface area contributed by atoms with Gasteiger partial charge in [0, 0.05) is 29.6 Å². The number of ether oxygens (including phenoxy) is 3. The lowest BCUT2D eigenvalue weighted by Gasteiger charge is -2.62. The molecule has 1 N–H and O–H groups in total. The Balaban J connectivity index is 1.75. The van der Waals surface area contributed by atoms with E-state index in [1.54, 1.807) is 26.4 Å². The number of methoxy groups -OCH3 is 1. The van der Waals surface area contributed by atoms with Crippen LogP contribution in [0.4, 0.5) is 0 Å². The monoisotopic (exact) mass is 498 g/mol. The Labute approximate surface area is 210 Å². The molecule has 4 aliphatic rings. The number of fused-ring (bicyclic) bond motifs is 4. The highest BCUT2D eigenvalue weighted by Crippen LogP contribution is 2.69. The second-order valence-electron chi connectivity index (χ2n) is 11.4. The van der Waals surface area contributed by atoms with E-state index in [1.807, 2.05) is 13.0 Å². The van der Waals surface area contributed by atoms with Crippen molar-refractivity contribution in [3.8, 4) is 0 Å². The van der Waals surface area contributed by atoms with Gasteiger partial charge in [0.25, 0.3) is 0 Å². The smallest absolute Gasteiger partial charge is 0.305 e. The van der Waals surface area contributed by atoms with Crippen molar-refractivity contribution in [2.75, 3.05) is 7.11 Å². The van der Waals surface area contributed by atoms with Gasteiger partial charge in [-0.15, -0.1) is 0 Å². The van der Waals surface area contributed by atoms with E-state index in [9.17, 15) is 19.5 Å². The maximum absolute atomic E-state index is 13.7. The van der Waals surface area contributed by atoms with Crippen LogP contribution in [-0.4, -0.2) is 53.9 Å². The van der Waals surface area contributed by atoms with E-state index in [1.165, 1.54) is 26.2 Å². The maximum atomic E-state index is 13.7. The second kappa shape index (κ2) is 8.15. The third kappa shape index (κ3) is 3.23. The van der Waals surface area contributed by atoms with E-state index in [0.717, 1.165) is 16.7 Å². The number of aliphatic hydroxyl groups is 1. The number of esters is 2. The zero-order chi connectivity index (χ0) is 26.2. The molecule has 2 fully saturated rings. The molecule has 2 heterocycles. The predicted molar refractivity (Wildman–Crippen MR) is 128 cm³/mol. The molecule has 0 aromatic carbocycles. The molecule has 36 heavy (non-hydrogen) atoms. The maximum Gasteiger partial charge on any atom is 0.305 e. The van der Waals surface area contributed by atoms with Gasteiger partial charge in [-0.05, 0) is 55.5 Å². The summed E-state index contributed by atoms with van der Waals surface area (Å²) in [5, 5.41) is 11.5. The molecule has 1 aliphatic heterocycles. The summed E-state index contributed by atoms with van der Waals surface area (Å²) in [6.45, 7) is 8.80. The fraction of sp³-hybridized carbons (Fsp3) is 0.607. The summed E-state index contributed by atoms with van der Waals surface area (Å²) in [5.41, 5.74) is -0.344. The van der Waals surface area contributed by atoms with Gasteiger partial charge in [-0.25, -0.2) is 0 Å². The molecule has 1 saturated carbocycles. The molecule has 8 nitrogen and oxygen atoms in total. The zero-order valence-electron chi connectivity index (χ0n) is 21.6. The molecular formula is C28H34O8. The molecule has 0 bridgehead atoms. The highest BCUT2D eigenvalue weighted by molar-refractivity contribution is 5.97. The Morgan fingerprint density at radius 2 is 1.94 bits per heavy atom. The van der Waals surface area contributed by atoms with Crippen molar-refractivity contribution in [2.45, 2.75) is 77.3 Å². The molecule has 9 atom stereocenters. The molecule has 0 unspecified atom stereocenters. The van der Waals surface area contributed by atoms with Crippen LogP contribution in [0, 0.1) is 22.7 Å². The molecule has 8 heteroatoms. The summed E-state index contributed by atoms with van der Waals surface area (Å²) < 4.78 is 23.0. The molecular weight excluding hydrogens is 464 g/mol. The van der Waals surface area contributed by atoms with Gasteiger partial charge < -0.3 is 23.7 Å². The van der Waals surface area contributed by atoms with Crippen LogP contribution in [0.5, 0.6) is 0 Å². The molecule has 194 valence electrons. The molecule has 1 aromatic heterocycles. The number of hydrogen-bond acceptors (Lipinski definition) is 8. The fourth-order valence-electron chi connectivity index (χ4n) is 8.12. The van der Waals surface area contributed by atoms with Gasteiger partial charge in [0.15, 0.2) is 5.78 Å². The number of hydrogen-bond donors (Lipinski definition) is 1. The SMILES string of the molecule is COC(=O)C[C@H]1[C@]2(C)C3=C(C)[C@H](c4ccoc4)C[C@H]3O[C@@H]2[C@H](OC(C)=O)[C@@H]2[C@@]1(C)C(=O)C=C[C@]2(C)O. The number of carbonyl (C=O) groups excluding carboxylic acids is 3. The lowest BCUT2D eigenvalue weighted by atomic mass is 9.43. The van der Waals surface area contributed by atoms with Crippen LogP contribution in [0.3, 0.4) is 0 Å². The van der Waals surface area contributed by atoms with Crippen LogP contribution in [0.25, 0.3) is 0 Å². The molecule has 3 aliphatic carbocycles. The van der Waals surface area contributed by atoms with Crippen molar-refractivity contribution in [1.29, 1.82) is 0 Å². The summed E-state index contributed by atoms with van der Waals surface area (Å²) >= 11 is 0. The summed E-state index contributed by atoms with van der Waals surface area (Å²) in [6.07, 6.45) is 5.04. The first kappa shape index (κ1) is 25.0. The van der Waals surface area contributed by atoms with Crippen molar-refractivity contribution < 1.29 is 38.1 Å². The van der Waals surface area contributed by atoms with Crippen molar-refractivity contribution in [3.63, 3.8) is 0 Å². The molecule has 1 aromatic rings. The van der Waals surface area contributed by atoms with Crippen LogP contribution >= 0.6 is 0 Å². The minimum Gasteiger partial charge on any atom is -0.472 e. The third-order valence-corrected chi connectivity index (χ3v) is 9.50. The zero-order valence-corrected chi connectivity index (χ0v) is 21.6. The van der Waals surface area contributed by atoms with Gasteiger partial charge in [-0.2, -0.15) is 0 Å². The lowest BCUT2D eigenvalue weighted by Crippen LogP contribution is -2.70. The lowest BCUT2D eigenvalue weighted by molar-refractivity contribution is -0.232. The first-order valence-electron chi connectivity index (χ1n) is 12.5. The van der Waals surface area contributed by atoms with E-state index < -0.39 is 52.4 Å². The van der Waals surface area contributed by atoms with Gasteiger partial charge in [0.2, 0.25) is 0 Å². The molecule has 0 amide bonds. The molecule has 0 spiro atoms. The summed E-state index contributed by atoms with van der Waals surface area (Å²) in [7, 11) is 1.33. The van der Waals surface area contributed by atoms with Crippen molar-refractivity contribution >= 4 is 17.7 Å². The van der Waals surface area contributed by atoms with Crippen LogP contribution in [0.2, 0.25) is 0 Å². The van der Waals surface area contributed by atoms with E-state index in [2.05, 4.69) is 6.92 Å². The van der Waals surface area contributed by atoms with E-state index in [-0.39, 0.29) is 24.2 Å². The number of allylic oxidation sites excluding steroid dienone is 2. The van der Waals surface area contributed by atoms with Crippen molar-refractivity contribution in [1.82, 2.24) is 0 Å². The van der Waals surface area contributed by atoms with Crippen molar-refractivity contribution in [2.24, 2.45) is 22.7 Å². The van der Waals surface area contributed by atoms with Crippen LogP contribution in [-0.2, 0) is 28.6 Å². The van der Waals surface area contributed by atoms with Crippen LogP contribution in [0.15, 0.2) is 46.3 Å². The van der Waals surface area contributed by atoms with Gasteiger partial charge >= 0.3 is 11.9 Å². The Hall–Kier alpha value is -2.71. The predicted octanol–water partition coefficient (Wildman–Crippen LogP) is 3.49. The number of carbonyl (C=O) groups is 3. The highest BCUT2D eigenvalue weighted by atomic mass is 16.6. The van der Waals surface area contributed by atoms with Gasteiger partial charge in [-0.3, -0.25) is 14.4 Å². The minimum atomic E-state index is -1.47. The summed E-state index contributed by atoms with van der Waals surface area (Å²) in [5.74, 6) is -2.49. The van der Waals surface area contributed by atoms with Crippen LogP contribution < -0.4 is 0 Å². The van der Waals surface area contributed by atoms with Gasteiger partial charge in [0.1, 0.15) is 12.2 Å². The average Bonchev–Trinajstić information content (AvgIpc) is 3.50. The van der Waals surface area contributed by atoms with E-state index in [0.29, 0.717) is 6.42 Å². The van der Waals surface area contributed by atoms with E-state index >= 15 is 0 Å².